The lowest BCUT2D eigenvalue weighted by atomic mass is 10.0. The van der Waals surface area contributed by atoms with Crippen molar-refractivity contribution in [2.24, 2.45) is 0 Å². The summed E-state index contributed by atoms with van der Waals surface area (Å²) in [5.41, 5.74) is 0.516. The van der Waals surface area contributed by atoms with Gasteiger partial charge in [0, 0.05) is 12.0 Å². The lowest BCUT2D eigenvalue weighted by Gasteiger charge is -2.19. The summed E-state index contributed by atoms with van der Waals surface area (Å²) in [5.74, 6) is -0.255. The maximum Gasteiger partial charge on any atom is 0.311 e. The molecule has 1 aromatic rings. The first-order valence-corrected chi connectivity index (χ1v) is 6.18. The Kier molecular flexibility index (Phi) is 3.25. The van der Waals surface area contributed by atoms with Gasteiger partial charge in [-0.05, 0) is 19.8 Å². The Morgan fingerprint density at radius 2 is 2.56 bits per heavy atom. The minimum atomic E-state index is -0.255. The molecule has 0 bridgehead atoms. The molecule has 16 heavy (non-hydrogen) atoms. The Labute approximate surface area is 98.6 Å². The van der Waals surface area contributed by atoms with E-state index in [4.69, 9.17) is 4.74 Å². The molecule has 0 radical (unpaired) electrons. The molecule has 1 aliphatic rings. The summed E-state index contributed by atoms with van der Waals surface area (Å²) in [7, 11) is 1.39. The monoisotopic (exact) mass is 241 g/mol. The average Bonchev–Trinajstić information content (AvgIpc) is 2.88. The number of nitrogens with zero attached hydrogens (tertiary/aromatic N) is 1. The minimum Gasteiger partial charge on any atom is -0.469 e. The van der Waals surface area contributed by atoms with Crippen LogP contribution in [0.1, 0.15) is 30.5 Å². The zero-order chi connectivity index (χ0) is 11.6. The van der Waals surface area contributed by atoms with E-state index in [-0.39, 0.29) is 18.0 Å². The standard InChI is InChI=1S/C11H15NO3S/c1-11(4-3-5-15-11)10-12-8(7-16-10)6-9(13)14-2/h7H,3-6H2,1-2H3. The highest BCUT2D eigenvalue weighted by atomic mass is 32.1. The van der Waals surface area contributed by atoms with Gasteiger partial charge in [-0.2, -0.15) is 0 Å². The largest absolute Gasteiger partial charge is 0.469 e. The summed E-state index contributed by atoms with van der Waals surface area (Å²) in [6.07, 6.45) is 2.31. The smallest absolute Gasteiger partial charge is 0.311 e. The summed E-state index contributed by atoms with van der Waals surface area (Å²) < 4.78 is 10.3. The van der Waals surface area contributed by atoms with E-state index < -0.39 is 0 Å². The maximum atomic E-state index is 11.1. The van der Waals surface area contributed by atoms with Crippen molar-refractivity contribution in [2.75, 3.05) is 13.7 Å². The summed E-state index contributed by atoms with van der Waals surface area (Å²) in [6, 6.07) is 0. The van der Waals surface area contributed by atoms with Crippen molar-refractivity contribution in [2.45, 2.75) is 31.8 Å². The highest BCUT2D eigenvalue weighted by Crippen LogP contribution is 2.37. The van der Waals surface area contributed by atoms with Crippen LogP contribution in [-0.4, -0.2) is 24.7 Å². The highest BCUT2D eigenvalue weighted by molar-refractivity contribution is 7.09. The third-order valence-electron chi connectivity index (χ3n) is 2.78. The van der Waals surface area contributed by atoms with Gasteiger partial charge in [0.2, 0.25) is 0 Å². The fraction of sp³-hybridized carbons (Fsp3) is 0.636. The number of rotatable bonds is 3. The molecule has 0 aliphatic carbocycles. The van der Waals surface area contributed by atoms with Crippen molar-refractivity contribution in [3.8, 4) is 0 Å². The molecule has 0 N–H and O–H groups in total. The molecule has 1 aliphatic heterocycles. The number of esters is 1. The lowest BCUT2D eigenvalue weighted by Crippen LogP contribution is -2.19. The number of hydrogen-bond donors (Lipinski definition) is 0. The third-order valence-corrected chi connectivity index (χ3v) is 3.91. The second kappa shape index (κ2) is 4.51. The van der Waals surface area contributed by atoms with Crippen LogP contribution < -0.4 is 0 Å². The number of carbonyl (C=O) groups excluding carboxylic acids is 1. The molecule has 4 nitrogen and oxygen atoms in total. The van der Waals surface area contributed by atoms with Gasteiger partial charge in [-0.1, -0.05) is 0 Å². The molecular weight excluding hydrogens is 226 g/mol. The van der Waals surface area contributed by atoms with E-state index in [9.17, 15) is 4.79 Å². The molecule has 2 heterocycles. The first-order valence-electron chi connectivity index (χ1n) is 5.30. The van der Waals surface area contributed by atoms with E-state index in [1.54, 1.807) is 11.3 Å². The van der Waals surface area contributed by atoms with Crippen LogP contribution in [0.25, 0.3) is 0 Å². The van der Waals surface area contributed by atoms with Crippen molar-refractivity contribution in [1.29, 1.82) is 0 Å². The van der Waals surface area contributed by atoms with Crippen LogP contribution in [0, 0.1) is 0 Å². The van der Waals surface area contributed by atoms with Crippen molar-refractivity contribution in [3.05, 3.63) is 16.1 Å². The molecule has 1 atom stereocenters. The topological polar surface area (TPSA) is 48.4 Å². The van der Waals surface area contributed by atoms with Crippen molar-refractivity contribution < 1.29 is 14.3 Å². The summed E-state index contributed by atoms with van der Waals surface area (Å²) >= 11 is 1.55. The number of thiazole rings is 1. The second-order valence-corrected chi connectivity index (χ2v) is 4.94. The molecule has 5 heteroatoms. The first kappa shape index (κ1) is 11.5. The molecule has 1 saturated heterocycles. The number of methoxy groups -OCH3 is 1. The molecule has 1 aromatic heterocycles. The predicted molar refractivity (Wildman–Crippen MR) is 60.4 cm³/mol. The van der Waals surface area contributed by atoms with Gasteiger partial charge < -0.3 is 9.47 Å². The van der Waals surface area contributed by atoms with Crippen LogP contribution in [0.3, 0.4) is 0 Å². The Morgan fingerprint density at radius 1 is 1.75 bits per heavy atom. The van der Waals surface area contributed by atoms with Gasteiger partial charge in [0.1, 0.15) is 10.6 Å². The molecule has 1 unspecified atom stereocenters. The number of aromatic nitrogens is 1. The SMILES string of the molecule is COC(=O)Cc1csc(C2(C)CCCO2)n1. The van der Waals surface area contributed by atoms with Gasteiger partial charge in [-0.25, -0.2) is 4.98 Å². The van der Waals surface area contributed by atoms with Gasteiger partial charge in [-0.3, -0.25) is 4.79 Å². The van der Waals surface area contributed by atoms with Crippen LogP contribution in [0.2, 0.25) is 0 Å². The Morgan fingerprint density at radius 3 is 3.19 bits per heavy atom. The quantitative estimate of drug-likeness (QED) is 0.758. The fourth-order valence-electron chi connectivity index (χ4n) is 1.80. The van der Waals surface area contributed by atoms with E-state index >= 15 is 0 Å². The van der Waals surface area contributed by atoms with Crippen molar-refractivity contribution >= 4 is 17.3 Å². The van der Waals surface area contributed by atoms with Gasteiger partial charge in [0.05, 0.1) is 19.2 Å². The summed E-state index contributed by atoms with van der Waals surface area (Å²) in [4.78, 5) is 15.5. The Balaban J connectivity index is 2.10. The number of ether oxygens (including phenoxy) is 2. The average molecular weight is 241 g/mol. The lowest BCUT2D eigenvalue weighted by molar-refractivity contribution is -0.139. The normalized spacial score (nSPS) is 24.6. The first-order chi connectivity index (χ1) is 7.64. The summed E-state index contributed by atoms with van der Waals surface area (Å²) in [6.45, 7) is 2.85. The van der Waals surface area contributed by atoms with Crippen LogP contribution in [0.5, 0.6) is 0 Å². The molecule has 0 aromatic carbocycles. The number of carbonyl (C=O) groups is 1. The van der Waals surface area contributed by atoms with Gasteiger partial charge in [-0.15, -0.1) is 11.3 Å². The van der Waals surface area contributed by atoms with E-state index in [0.29, 0.717) is 0 Å². The summed E-state index contributed by atoms with van der Waals surface area (Å²) in [5, 5.41) is 2.86. The van der Waals surface area contributed by atoms with Crippen molar-refractivity contribution in [1.82, 2.24) is 4.98 Å². The number of hydrogen-bond acceptors (Lipinski definition) is 5. The molecule has 88 valence electrons. The minimum absolute atomic E-state index is 0.239. The second-order valence-electron chi connectivity index (χ2n) is 4.08. The van der Waals surface area contributed by atoms with Crippen LogP contribution in [0.15, 0.2) is 5.38 Å². The molecule has 1 fully saturated rings. The predicted octanol–water partition coefficient (Wildman–Crippen LogP) is 1.88. The Hall–Kier alpha value is -0.940. The molecule has 2 rings (SSSR count). The molecule has 0 spiro atoms. The van der Waals surface area contributed by atoms with E-state index in [1.807, 2.05) is 5.38 Å². The third kappa shape index (κ3) is 2.25. The van der Waals surface area contributed by atoms with Crippen LogP contribution >= 0.6 is 11.3 Å². The van der Waals surface area contributed by atoms with Gasteiger partial charge in [0.25, 0.3) is 0 Å². The van der Waals surface area contributed by atoms with Crippen LogP contribution in [0.4, 0.5) is 0 Å². The zero-order valence-electron chi connectivity index (χ0n) is 9.49. The van der Waals surface area contributed by atoms with E-state index in [1.165, 1.54) is 7.11 Å². The van der Waals surface area contributed by atoms with E-state index in [0.717, 1.165) is 30.2 Å². The van der Waals surface area contributed by atoms with Gasteiger partial charge in [0.15, 0.2) is 0 Å². The van der Waals surface area contributed by atoms with Crippen molar-refractivity contribution in [3.63, 3.8) is 0 Å². The fourth-order valence-corrected chi connectivity index (χ4v) is 2.76. The molecule has 0 saturated carbocycles. The van der Waals surface area contributed by atoms with E-state index in [2.05, 4.69) is 16.6 Å². The molecule has 0 amide bonds. The highest BCUT2D eigenvalue weighted by Gasteiger charge is 2.34. The van der Waals surface area contributed by atoms with Gasteiger partial charge >= 0.3 is 5.97 Å². The van der Waals surface area contributed by atoms with Crippen LogP contribution in [-0.2, 0) is 26.3 Å². The zero-order valence-corrected chi connectivity index (χ0v) is 10.3. The Bertz CT molecular complexity index is 382. The molecular formula is C11H15NO3S. The maximum absolute atomic E-state index is 11.1.